The van der Waals surface area contributed by atoms with Gasteiger partial charge in [0.15, 0.2) is 9.84 Å². The smallest absolute Gasteiger partial charge is 0.242 e. The van der Waals surface area contributed by atoms with Crippen LogP contribution in [0.1, 0.15) is 19.3 Å². The van der Waals surface area contributed by atoms with Crippen molar-refractivity contribution in [1.82, 2.24) is 14.8 Å². The predicted octanol–water partition coefficient (Wildman–Crippen LogP) is 1.17. The van der Waals surface area contributed by atoms with E-state index in [1.54, 1.807) is 28.8 Å². The average molecular weight is 377 g/mol. The fourth-order valence-electron chi connectivity index (χ4n) is 3.30. The van der Waals surface area contributed by atoms with Crippen LogP contribution in [0.25, 0.3) is 10.9 Å². The van der Waals surface area contributed by atoms with Crippen LogP contribution >= 0.6 is 0 Å². The molecule has 26 heavy (non-hydrogen) atoms. The number of aromatic nitrogens is 1. The lowest BCUT2D eigenvalue weighted by molar-refractivity contribution is -0.132. The van der Waals surface area contributed by atoms with Gasteiger partial charge in [0.25, 0.3) is 0 Å². The van der Waals surface area contributed by atoms with Gasteiger partial charge in [0.05, 0.1) is 4.90 Å². The molecule has 1 aliphatic rings. The number of fused-ring (bicyclic) bond motifs is 1. The van der Waals surface area contributed by atoms with Gasteiger partial charge in [0, 0.05) is 37.2 Å². The van der Waals surface area contributed by atoms with Crippen molar-refractivity contribution in [3.63, 3.8) is 0 Å². The second-order valence-electron chi connectivity index (χ2n) is 6.51. The lowest BCUT2D eigenvalue weighted by Gasteiger charge is -2.27. The number of nitrogens with one attached hydrogen (secondary N) is 1. The van der Waals surface area contributed by atoms with Crippen molar-refractivity contribution in [2.24, 2.45) is 0 Å². The first kappa shape index (κ1) is 18.4. The summed E-state index contributed by atoms with van der Waals surface area (Å²) in [5, 5.41) is 2.87. The molecule has 2 amide bonds. The Balaban J connectivity index is 1.94. The van der Waals surface area contributed by atoms with E-state index in [4.69, 9.17) is 0 Å². The van der Waals surface area contributed by atoms with Crippen LogP contribution in [0.15, 0.2) is 35.4 Å². The Morgan fingerprint density at radius 1 is 1.12 bits per heavy atom. The van der Waals surface area contributed by atoms with Crippen molar-refractivity contribution in [2.75, 3.05) is 25.9 Å². The average Bonchev–Trinajstić information content (AvgIpc) is 3.01. The van der Waals surface area contributed by atoms with Gasteiger partial charge in [-0.05, 0) is 25.3 Å². The molecule has 0 radical (unpaired) electrons. The van der Waals surface area contributed by atoms with E-state index in [1.165, 1.54) is 13.2 Å². The van der Waals surface area contributed by atoms with Crippen molar-refractivity contribution in [3.05, 3.63) is 30.5 Å². The first-order valence-corrected chi connectivity index (χ1v) is 10.4. The van der Waals surface area contributed by atoms with Gasteiger partial charge in [-0.1, -0.05) is 18.2 Å². The van der Waals surface area contributed by atoms with Crippen LogP contribution < -0.4 is 5.32 Å². The Morgan fingerprint density at radius 3 is 2.50 bits per heavy atom. The highest BCUT2D eigenvalue weighted by atomic mass is 32.2. The van der Waals surface area contributed by atoms with E-state index >= 15 is 0 Å². The number of hydrogen-bond donors (Lipinski definition) is 1. The number of carbonyl (C=O) groups is 2. The van der Waals surface area contributed by atoms with E-state index in [0.29, 0.717) is 10.9 Å². The molecule has 3 rings (SSSR count). The van der Waals surface area contributed by atoms with Gasteiger partial charge < -0.3 is 14.8 Å². The third kappa shape index (κ3) is 3.75. The van der Waals surface area contributed by atoms with Crippen LogP contribution in [0, 0.1) is 0 Å². The lowest BCUT2D eigenvalue weighted by Crippen LogP contribution is -2.37. The fraction of sp³-hybridized carbons (Fsp3) is 0.444. The number of rotatable bonds is 5. The summed E-state index contributed by atoms with van der Waals surface area (Å²) in [6.07, 6.45) is 4.62. The summed E-state index contributed by atoms with van der Waals surface area (Å²) in [6, 6.07) is 7.04. The van der Waals surface area contributed by atoms with Crippen molar-refractivity contribution < 1.29 is 18.0 Å². The number of para-hydroxylation sites is 1. The molecule has 1 N–H and O–H groups in total. The second kappa shape index (κ2) is 7.49. The maximum Gasteiger partial charge on any atom is 0.242 e. The molecule has 0 spiro atoms. The number of sulfone groups is 1. The van der Waals surface area contributed by atoms with Crippen molar-refractivity contribution in [3.8, 4) is 0 Å². The molecule has 2 aromatic rings. The standard InChI is InChI=1S/C18H23N3O4S/c1-19-17(22)13-26(24,25)16-11-21(15-8-4-3-7-14(15)16)12-18(23)20-9-5-2-6-10-20/h3-4,7-8,11H,2,5-6,9-10,12-13H2,1H3,(H,19,22). The molecular weight excluding hydrogens is 354 g/mol. The maximum absolute atomic E-state index is 12.6. The van der Waals surface area contributed by atoms with Gasteiger partial charge in [-0.2, -0.15) is 0 Å². The Kier molecular flexibility index (Phi) is 5.31. The Labute approximate surface area is 152 Å². The van der Waals surface area contributed by atoms with Crippen LogP contribution in [0.5, 0.6) is 0 Å². The predicted molar refractivity (Wildman–Crippen MR) is 98.5 cm³/mol. The van der Waals surface area contributed by atoms with Crippen molar-refractivity contribution in [1.29, 1.82) is 0 Å². The van der Waals surface area contributed by atoms with E-state index < -0.39 is 21.5 Å². The molecule has 1 aromatic heterocycles. The van der Waals surface area contributed by atoms with Gasteiger partial charge >= 0.3 is 0 Å². The van der Waals surface area contributed by atoms with E-state index in [1.807, 2.05) is 4.90 Å². The molecule has 8 heteroatoms. The lowest BCUT2D eigenvalue weighted by atomic mass is 10.1. The van der Waals surface area contributed by atoms with Gasteiger partial charge in [0.1, 0.15) is 12.3 Å². The fourth-order valence-corrected chi connectivity index (χ4v) is 4.74. The Morgan fingerprint density at radius 2 is 1.81 bits per heavy atom. The normalized spacial score (nSPS) is 15.2. The summed E-state index contributed by atoms with van der Waals surface area (Å²) in [7, 11) is -2.39. The first-order chi connectivity index (χ1) is 12.4. The Hall–Kier alpha value is -2.35. The second-order valence-corrected chi connectivity index (χ2v) is 8.47. The number of piperidine rings is 1. The summed E-state index contributed by atoms with van der Waals surface area (Å²) in [5.74, 6) is -1.19. The maximum atomic E-state index is 12.6. The third-order valence-electron chi connectivity index (χ3n) is 4.70. The molecule has 1 saturated heterocycles. The van der Waals surface area contributed by atoms with Gasteiger partial charge in [-0.15, -0.1) is 0 Å². The molecular formula is C18H23N3O4S. The molecule has 1 fully saturated rings. The van der Waals surface area contributed by atoms with Crippen LogP contribution in [0.4, 0.5) is 0 Å². The first-order valence-electron chi connectivity index (χ1n) is 8.71. The van der Waals surface area contributed by atoms with E-state index in [0.717, 1.165) is 32.4 Å². The topological polar surface area (TPSA) is 88.5 Å². The largest absolute Gasteiger partial charge is 0.358 e. The minimum absolute atomic E-state index is 0.0132. The zero-order valence-corrected chi connectivity index (χ0v) is 15.6. The molecule has 0 bridgehead atoms. The number of amides is 2. The summed E-state index contributed by atoms with van der Waals surface area (Å²) < 4.78 is 27.0. The molecule has 7 nitrogen and oxygen atoms in total. The summed E-state index contributed by atoms with van der Waals surface area (Å²) in [6.45, 7) is 1.59. The zero-order chi connectivity index (χ0) is 18.7. The summed E-state index contributed by atoms with van der Waals surface area (Å²) >= 11 is 0. The van der Waals surface area contributed by atoms with Gasteiger partial charge in [-0.25, -0.2) is 8.42 Å². The van der Waals surface area contributed by atoms with Crippen LogP contribution in [-0.4, -0.2) is 55.6 Å². The molecule has 0 atom stereocenters. The summed E-state index contributed by atoms with van der Waals surface area (Å²) in [4.78, 5) is 26.1. The number of carbonyl (C=O) groups excluding carboxylic acids is 2. The minimum atomic E-state index is -3.80. The van der Waals surface area contributed by atoms with Crippen molar-refractivity contribution >= 4 is 32.6 Å². The van der Waals surface area contributed by atoms with Gasteiger partial charge in [0.2, 0.25) is 11.8 Å². The van der Waals surface area contributed by atoms with E-state index in [2.05, 4.69) is 5.32 Å². The zero-order valence-electron chi connectivity index (χ0n) is 14.8. The molecule has 0 unspecified atom stereocenters. The Bertz CT molecular complexity index is 927. The van der Waals surface area contributed by atoms with Crippen LogP contribution in [0.3, 0.4) is 0 Å². The highest BCUT2D eigenvalue weighted by molar-refractivity contribution is 7.92. The van der Waals surface area contributed by atoms with E-state index in [9.17, 15) is 18.0 Å². The SMILES string of the molecule is CNC(=O)CS(=O)(=O)c1cn(CC(=O)N2CCCCC2)c2ccccc12. The highest BCUT2D eigenvalue weighted by Gasteiger charge is 2.25. The molecule has 1 aliphatic heterocycles. The van der Waals surface area contributed by atoms with Crippen molar-refractivity contribution in [2.45, 2.75) is 30.7 Å². The van der Waals surface area contributed by atoms with Gasteiger partial charge in [-0.3, -0.25) is 9.59 Å². The molecule has 0 aliphatic carbocycles. The molecule has 140 valence electrons. The highest BCUT2D eigenvalue weighted by Crippen LogP contribution is 2.26. The molecule has 1 aromatic carbocycles. The van der Waals surface area contributed by atoms with Crippen LogP contribution in [0.2, 0.25) is 0 Å². The monoisotopic (exact) mass is 377 g/mol. The van der Waals surface area contributed by atoms with E-state index in [-0.39, 0.29) is 17.3 Å². The number of nitrogens with zero attached hydrogens (tertiary/aromatic N) is 2. The summed E-state index contributed by atoms with van der Waals surface area (Å²) in [5.41, 5.74) is 0.674. The molecule has 0 saturated carbocycles. The number of benzene rings is 1. The quantitative estimate of drug-likeness (QED) is 0.847. The molecule has 2 heterocycles. The number of hydrogen-bond acceptors (Lipinski definition) is 4. The minimum Gasteiger partial charge on any atom is -0.358 e. The third-order valence-corrected chi connectivity index (χ3v) is 6.34. The van der Waals surface area contributed by atoms with Crippen LogP contribution in [-0.2, 0) is 26.0 Å². The number of likely N-dealkylation sites (tertiary alicyclic amines) is 1.